The van der Waals surface area contributed by atoms with E-state index in [4.69, 9.17) is 0 Å². The van der Waals surface area contributed by atoms with Gasteiger partial charge in [-0.15, -0.1) is 0 Å². The SMILES string of the molecule is C=C/C=C(\C=C)n1c2ccccc2c2cc3c(cc21)-c1cc2c(cc1C3)c1ccccc1n2-c1ccccc1.CC(C)c1ccc(C(=C2CCC2)c2ccccc2)cc1. The minimum atomic E-state index is 0.598. The topological polar surface area (TPSA) is 9.86 Å². The van der Waals surface area contributed by atoms with E-state index < -0.39 is 0 Å². The number of fused-ring (bicyclic) bond motifs is 9. The van der Waals surface area contributed by atoms with Gasteiger partial charge < -0.3 is 9.13 Å². The highest BCUT2D eigenvalue weighted by Gasteiger charge is 2.25. The van der Waals surface area contributed by atoms with E-state index in [-0.39, 0.29) is 0 Å². The molecule has 2 nitrogen and oxygen atoms in total. The smallest absolute Gasteiger partial charge is 0.0547 e. The van der Waals surface area contributed by atoms with Gasteiger partial charge in [-0.2, -0.15) is 0 Å². The summed E-state index contributed by atoms with van der Waals surface area (Å²) in [5, 5.41) is 5.14. The molecule has 1 fully saturated rings. The zero-order chi connectivity index (χ0) is 40.0. The second-order valence-corrected chi connectivity index (χ2v) is 16.3. The maximum Gasteiger partial charge on any atom is 0.0547 e. The fourth-order valence-corrected chi connectivity index (χ4v) is 9.43. The third-order valence-corrected chi connectivity index (χ3v) is 12.5. The third-order valence-electron chi connectivity index (χ3n) is 12.5. The maximum absolute atomic E-state index is 4.11. The van der Waals surface area contributed by atoms with E-state index in [2.05, 4.69) is 194 Å². The lowest BCUT2D eigenvalue weighted by Gasteiger charge is -2.23. The average molecular weight is 761 g/mol. The largest absolute Gasteiger partial charge is 0.309 e. The van der Waals surface area contributed by atoms with Crippen molar-refractivity contribution >= 4 is 54.9 Å². The Hall–Kier alpha value is -6.90. The van der Waals surface area contributed by atoms with Gasteiger partial charge in [-0.25, -0.2) is 0 Å². The van der Waals surface area contributed by atoms with Gasteiger partial charge >= 0.3 is 0 Å². The van der Waals surface area contributed by atoms with Crippen LogP contribution in [0, 0.1) is 0 Å². The lowest BCUT2D eigenvalue weighted by atomic mass is 9.82. The Balaban J connectivity index is 0.000000177. The van der Waals surface area contributed by atoms with Crippen molar-refractivity contribution in [3.05, 3.63) is 223 Å². The standard InChI is InChI=1S/C37H26N2.C20H22/c1-3-12-26(4-2)38-34-17-10-8-15-28(34)32-20-24-19-25-21-33-29-16-9-11-18-35(29)39(27-13-6-5-7-14-27)37(33)23-31(25)30(24)22-36(32)38;1-15(2)16-11-13-19(14-12-16)20(18-9-6-10-18)17-7-4-3-5-8-17/h3-18,20-23H,1-2,19H2;3-5,7-8,11-15H,6,9-10H2,1-2H3/b26-12+;. The molecular formula is C57H48N2. The van der Waals surface area contributed by atoms with E-state index in [1.807, 2.05) is 18.2 Å². The third kappa shape index (κ3) is 6.28. The Labute approximate surface area is 347 Å². The molecule has 2 aliphatic rings. The van der Waals surface area contributed by atoms with E-state index in [1.54, 1.807) is 5.57 Å². The first-order chi connectivity index (χ1) is 29.0. The predicted octanol–water partition coefficient (Wildman–Crippen LogP) is 15.5. The van der Waals surface area contributed by atoms with Gasteiger partial charge in [0.25, 0.3) is 0 Å². The van der Waals surface area contributed by atoms with Gasteiger partial charge in [0.05, 0.1) is 22.1 Å². The van der Waals surface area contributed by atoms with E-state index in [1.165, 1.54) is 113 Å². The van der Waals surface area contributed by atoms with Crippen LogP contribution in [0.5, 0.6) is 0 Å². The van der Waals surface area contributed by atoms with E-state index in [0.29, 0.717) is 5.92 Å². The molecule has 0 N–H and O–H groups in total. The van der Waals surface area contributed by atoms with Gasteiger partial charge in [-0.1, -0.05) is 148 Å². The summed E-state index contributed by atoms with van der Waals surface area (Å²) in [6, 6.07) is 57.7. The van der Waals surface area contributed by atoms with Crippen LogP contribution < -0.4 is 0 Å². The van der Waals surface area contributed by atoms with E-state index >= 15 is 0 Å². The molecule has 0 spiro atoms. The van der Waals surface area contributed by atoms with Crippen LogP contribution in [0.4, 0.5) is 0 Å². The Morgan fingerprint density at radius 1 is 0.559 bits per heavy atom. The summed E-state index contributed by atoms with van der Waals surface area (Å²) in [5.41, 5.74) is 19.7. The molecule has 2 aromatic heterocycles. The van der Waals surface area contributed by atoms with E-state index in [9.17, 15) is 0 Å². The highest BCUT2D eigenvalue weighted by Crippen LogP contribution is 2.45. The number of aromatic nitrogens is 2. The lowest BCUT2D eigenvalue weighted by molar-refractivity contribution is 0.666. The van der Waals surface area contributed by atoms with Crippen molar-refractivity contribution in [3.8, 4) is 16.8 Å². The number of hydrogen-bond acceptors (Lipinski definition) is 0. The molecule has 11 rings (SSSR count). The van der Waals surface area contributed by atoms with Crippen molar-refractivity contribution in [2.45, 2.75) is 45.4 Å². The van der Waals surface area contributed by atoms with Crippen LogP contribution in [0.2, 0.25) is 0 Å². The van der Waals surface area contributed by atoms with Gasteiger partial charge in [-0.05, 0) is 137 Å². The number of hydrogen-bond donors (Lipinski definition) is 0. The molecule has 0 atom stereocenters. The van der Waals surface area contributed by atoms with Gasteiger partial charge in [-0.3, -0.25) is 0 Å². The molecule has 0 radical (unpaired) electrons. The van der Waals surface area contributed by atoms with Crippen molar-refractivity contribution < 1.29 is 0 Å². The molecule has 9 aromatic rings. The molecule has 2 aliphatic carbocycles. The first kappa shape index (κ1) is 36.4. The van der Waals surface area contributed by atoms with Gasteiger partial charge in [0.15, 0.2) is 0 Å². The summed E-state index contributed by atoms with van der Waals surface area (Å²) in [7, 11) is 0. The van der Waals surface area contributed by atoms with Gasteiger partial charge in [0.1, 0.15) is 0 Å². The molecular weight excluding hydrogens is 713 g/mol. The van der Waals surface area contributed by atoms with Gasteiger partial charge in [0, 0.05) is 32.9 Å². The fourth-order valence-electron chi connectivity index (χ4n) is 9.43. The molecule has 0 amide bonds. The van der Waals surface area contributed by atoms with Crippen molar-refractivity contribution in [2.24, 2.45) is 0 Å². The van der Waals surface area contributed by atoms with Crippen LogP contribution in [-0.2, 0) is 6.42 Å². The fraction of sp³-hybridized carbons (Fsp3) is 0.123. The number of rotatable bonds is 7. The predicted molar refractivity (Wildman–Crippen MR) is 254 cm³/mol. The minimum absolute atomic E-state index is 0.598. The second-order valence-electron chi connectivity index (χ2n) is 16.3. The molecule has 0 bridgehead atoms. The number of nitrogens with zero attached hydrogens (tertiary/aromatic N) is 2. The normalized spacial score (nSPS) is 13.3. The number of benzene rings is 7. The molecule has 0 unspecified atom stereocenters. The molecule has 0 saturated heterocycles. The Morgan fingerprint density at radius 2 is 1.12 bits per heavy atom. The molecule has 2 heteroatoms. The van der Waals surface area contributed by atoms with Crippen LogP contribution in [0.1, 0.15) is 66.8 Å². The second kappa shape index (κ2) is 15.1. The zero-order valence-corrected chi connectivity index (χ0v) is 34.0. The summed E-state index contributed by atoms with van der Waals surface area (Å²) in [4.78, 5) is 0. The number of para-hydroxylation sites is 3. The summed E-state index contributed by atoms with van der Waals surface area (Å²) in [6.07, 6.45) is 10.6. The van der Waals surface area contributed by atoms with Crippen LogP contribution in [-0.4, -0.2) is 9.13 Å². The summed E-state index contributed by atoms with van der Waals surface area (Å²) in [6.45, 7) is 12.6. The minimum Gasteiger partial charge on any atom is -0.309 e. The Bertz CT molecular complexity index is 3120. The van der Waals surface area contributed by atoms with Gasteiger partial charge in [0.2, 0.25) is 0 Å². The summed E-state index contributed by atoms with van der Waals surface area (Å²) < 4.78 is 4.72. The van der Waals surface area contributed by atoms with Crippen LogP contribution >= 0.6 is 0 Å². The van der Waals surface area contributed by atoms with E-state index in [0.717, 1.165) is 12.1 Å². The van der Waals surface area contributed by atoms with Crippen molar-refractivity contribution in [3.63, 3.8) is 0 Å². The van der Waals surface area contributed by atoms with Crippen LogP contribution in [0.3, 0.4) is 0 Å². The Kier molecular flexibility index (Phi) is 9.34. The van der Waals surface area contributed by atoms with Crippen LogP contribution in [0.15, 0.2) is 195 Å². The summed E-state index contributed by atoms with van der Waals surface area (Å²) in [5.74, 6) is 0.598. The molecule has 286 valence electrons. The van der Waals surface area contributed by atoms with Crippen LogP contribution in [0.25, 0.3) is 71.7 Å². The monoisotopic (exact) mass is 760 g/mol. The lowest BCUT2D eigenvalue weighted by Crippen LogP contribution is -2.03. The van der Waals surface area contributed by atoms with Crippen molar-refractivity contribution in [2.75, 3.05) is 0 Å². The molecule has 1 saturated carbocycles. The molecule has 0 aliphatic heterocycles. The first-order valence-electron chi connectivity index (χ1n) is 21.0. The molecule has 2 heterocycles. The first-order valence-corrected chi connectivity index (χ1v) is 21.0. The zero-order valence-electron chi connectivity index (χ0n) is 34.0. The Morgan fingerprint density at radius 3 is 1.73 bits per heavy atom. The highest BCUT2D eigenvalue weighted by molar-refractivity contribution is 6.14. The highest BCUT2D eigenvalue weighted by atomic mass is 15.0. The summed E-state index contributed by atoms with van der Waals surface area (Å²) >= 11 is 0. The van der Waals surface area contributed by atoms with Crippen molar-refractivity contribution in [1.29, 1.82) is 0 Å². The quantitative estimate of drug-likeness (QED) is 0.143. The molecule has 59 heavy (non-hydrogen) atoms. The van der Waals surface area contributed by atoms with Crippen molar-refractivity contribution in [1.82, 2.24) is 9.13 Å². The average Bonchev–Trinajstić information content (AvgIpc) is 3.89. The number of allylic oxidation sites excluding steroid dienone is 5. The molecule has 7 aromatic carbocycles. The maximum atomic E-state index is 4.11.